The quantitative estimate of drug-likeness (QED) is 0.792. The second kappa shape index (κ2) is 7.57. The number of aromatic nitrogens is 1. The standard InChI is InChI=1S/C18H18FN3O2S/c1-13-20-16(12-25-13)5-6-17(23)21-7-9-22(10-8-21)18(24)14-3-2-4-15(19)11-14/h2-6,11-12H,7-10H2,1H3/b6-5+. The van der Waals surface area contributed by atoms with E-state index in [-0.39, 0.29) is 11.8 Å². The van der Waals surface area contributed by atoms with E-state index in [1.54, 1.807) is 21.9 Å². The summed E-state index contributed by atoms with van der Waals surface area (Å²) in [4.78, 5) is 32.2. The van der Waals surface area contributed by atoms with Gasteiger partial charge in [0.2, 0.25) is 5.91 Å². The van der Waals surface area contributed by atoms with E-state index in [2.05, 4.69) is 4.98 Å². The van der Waals surface area contributed by atoms with Gasteiger partial charge in [0.15, 0.2) is 0 Å². The fraction of sp³-hybridized carbons (Fsp3) is 0.278. The molecule has 0 N–H and O–H groups in total. The number of amides is 2. The summed E-state index contributed by atoms with van der Waals surface area (Å²) in [6.45, 7) is 3.70. The third kappa shape index (κ3) is 4.30. The molecule has 1 fully saturated rings. The van der Waals surface area contributed by atoms with Gasteiger partial charge in [-0.1, -0.05) is 6.07 Å². The van der Waals surface area contributed by atoms with E-state index in [0.29, 0.717) is 31.7 Å². The summed E-state index contributed by atoms with van der Waals surface area (Å²) in [7, 11) is 0. The number of aryl methyl sites for hydroxylation is 1. The maximum atomic E-state index is 13.3. The molecule has 0 radical (unpaired) electrons. The highest BCUT2D eigenvalue weighted by molar-refractivity contribution is 7.09. The average molecular weight is 359 g/mol. The Morgan fingerprint density at radius 2 is 1.92 bits per heavy atom. The molecule has 1 aliphatic heterocycles. The first-order valence-corrected chi connectivity index (χ1v) is 8.85. The zero-order chi connectivity index (χ0) is 17.8. The van der Waals surface area contributed by atoms with E-state index in [0.717, 1.165) is 10.7 Å². The number of nitrogens with zero attached hydrogens (tertiary/aromatic N) is 3. The molecule has 0 spiro atoms. The Kier molecular flexibility index (Phi) is 5.23. The molecule has 25 heavy (non-hydrogen) atoms. The highest BCUT2D eigenvalue weighted by Gasteiger charge is 2.24. The van der Waals surface area contributed by atoms with Crippen LogP contribution in [0.4, 0.5) is 4.39 Å². The van der Waals surface area contributed by atoms with Gasteiger partial charge in [0.1, 0.15) is 5.82 Å². The lowest BCUT2D eigenvalue weighted by Gasteiger charge is -2.34. The van der Waals surface area contributed by atoms with Gasteiger partial charge in [-0.2, -0.15) is 0 Å². The monoisotopic (exact) mass is 359 g/mol. The summed E-state index contributed by atoms with van der Waals surface area (Å²) in [6.07, 6.45) is 3.22. The lowest BCUT2D eigenvalue weighted by Crippen LogP contribution is -2.50. The minimum atomic E-state index is -0.429. The van der Waals surface area contributed by atoms with Gasteiger partial charge in [-0.05, 0) is 31.2 Å². The van der Waals surface area contributed by atoms with Crippen LogP contribution in [-0.2, 0) is 4.79 Å². The summed E-state index contributed by atoms with van der Waals surface area (Å²) in [5.74, 6) is -0.731. The lowest BCUT2D eigenvalue weighted by atomic mass is 10.1. The van der Waals surface area contributed by atoms with Gasteiger partial charge >= 0.3 is 0 Å². The molecule has 0 bridgehead atoms. The van der Waals surface area contributed by atoms with E-state index in [9.17, 15) is 14.0 Å². The van der Waals surface area contributed by atoms with Crippen molar-refractivity contribution in [2.75, 3.05) is 26.2 Å². The molecule has 5 nitrogen and oxygen atoms in total. The molecule has 2 amide bonds. The second-order valence-corrected chi connectivity index (χ2v) is 6.81. The Hall–Kier alpha value is -2.54. The van der Waals surface area contributed by atoms with Gasteiger partial charge < -0.3 is 9.80 Å². The van der Waals surface area contributed by atoms with E-state index in [1.165, 1.54) is 35.6 Å². The van der Waals surface area contributed by atoms with E-state index < -0.39 is 5.82 Å². The molecule has 0 saturated carbocycles. The van der Waals surface area contributed by atoms with E-state index in [4.69, 9.17) is 0 Å². The van der Waals surface area contributed by atoms with Crippen molar-refractivity contribution >= 4 is 29.2 Å². The van der Waals surface area contributed by atoms with Gasteiger partial charge in [-0.3, -0.25) is 9.59 Å². The molecule has 3 rings (SSSR count). The van der Waals surface area contributed by atoms with E-state index >= 15 is 0 Å². The molecule has 1 saturated heterocycles. The van der Waals surface area contributed by atoms with Crippen LogP contribution in [0.1, 0.15) is 21.1 Å². The number of rotatable bonds is 3. The van der Waals surface area contributed by atoms with Crippen molar-refractivity contribution in [2.45, 2.75) is 6.92 Å². The fourth-order valence-corrected chi connectivity index (χ4v) is 3.23. The van der Waals surface area contributed by atoms with Crippen LogP contribution in [0.15, 0.2) is 35.7 Å². The van der Waals surface area contributed by atoms with Crippen LogP contribution in [0.3, 0.4) is 0 Å². The summed E-state index contributed by atoms with van der Waals surface area (Å²) in [5, 5.41) is 2.85. The van der Waals surface area contributed by atoms with Crippen LogP contribution in [0.2, 0.25) is 0 Å². The molecular weight excluding hydrogens is 341 g/mol. The molecular formula is C18H18FN3O2S. The molecule has 2 heterocycles. The van der Waals surface area contributed by atoms with E-state index in [1.807, 2.05) is 12.3 Å². The van der Waals surface area contributed by atoms with Crippen molar-refractivity contribution in [3.63, 3.8) is 0 Å². The first-order valence-electron chi connectivity index (χ1n) is 7.97. The number of halogens is 1. The van der Waals surface area contributed by atoms with Crippen molar-refractivity contribution in [2.24, 2.45) is 0 Å². The van der Waals surface area contributed by atoms with Crippen molar-refractivity contribution in [3.8, 4) is 0 Å². The molecule has 1 aromatic carbocycles. The van der Waals surface area contributed by atoms with Gasteiger partial charge in [-0.25, -0.2) is 9.37 Å². The summed E-state index contributed by atoms with van der Waals surface area (Å²) in [5.41, 5.74) is 1.11. The van der Waals surface area contributed by atoms with Gasteiger partial charge in [0, 0.05) is 43.2 Å². The Bertz CT molecular complexity index is 810. The Morgan fingerprint density at radius 3 is 2.56 bits per heavy atom. The Morgan fingerprint density at radius 1 is 1.20 bits per heavy atom. The van der Waals surface area contributed by atoms with Crippen molar-refractivity contribution in [3.05, 3.63) is 57.8 Å². The smallest absolute Gasteiger partial charge is 0.254 e. The molecule has 1 aromatic heterocycles. The number of piperazine rings is 1. The van der Waals surface area contributed by atoms with Crippen LogP contribution in [0.25, 0.3) is 6.08 Å². The van der Waals surface area contributed by atoms with Crippen LogP contribution < -0.4 is 0 Å². The molecule has 2 aromatic rings. The zero-order valence-corrected chi connectivity index (χ0v) is 14.6. The third-order valence-electron chi connectivity index (χ3n) is 3.98. The maximum absolute atomic E-state index is 13.3. The summed E-state index contributed by atoms with van der Waals surface area (Å²) in [6, 6.07) is 5.66. The van der Waals surface area contributed by atoms with Crippen LogP contribution in [-0.4, -0.2) is 52.8 Å². The maximum Gasteiger partial charge on any atom is 0.254 e. The molecule has 130 valence electrons. The molecule has 0 aliphatic carbocycles. The molecule has 0 unspecified atom stereocenters. The predicted octanol–water partition coefficient (Wildman–Crippen LogP) is 2.59. The number of carbonyl (C=O) groups excluding carboxylic acids is 2. The molecule has 7 heteroatoms. The SMILES string of the molecule is Cc1nc(/C=C/C(=O)N2CCN(C(=O)c3cccc(F)c3)CC2)cs1. The number of benzene rings is 1. The number of hydrogen-bond acceptors (Lipinski definition) is 4. The summed E-state index contributed by atoms with van der Waals surface area (Å²) >= 11 is 1.54. The zero-order valence-electron chi connectivity index (χ0n) is 13.8. The Labute approximate surface area is 149 Å². The van der Waals surface area contributed by atoms with Gasteiger partial charge in [0.25, 0.3) is 5.91 Å². The fourth-order valence-electron chi connectivity index (χ4n) is 2.65. The largest absolute Gasteiger partial charge is 0.336 e. The minimum Gasteiger partial charge on any atom is -0.336 e. The first-order chi connectivity index (χ1) is 12.0. The van der Waals surface area contributed by atoms with Crippen molar-refractivity contribution in [1.82, 2.24) is 14.8 Å². The Balaban J connectivity index is 1.55. The van der Waals surface area contributed by atoms with Crippen molar-refractivity contribution in [1.29, 1.82) is 0 Å². The summed E-state index contributed by atoms with van der Waals surface area (Å²) < 4.78 is 13.3. The van der Waals surface area contributed by atoms with Crippen molar-refractivity contribution < 1.29 is 14.0 Å². The number of hydrogen-bond donors (Lipinski definition) is 0. The predicted molar refractivity (Wildman–Crippen MR) is 94.8 cm³/mol. The number of thiazole rings is 1. The average Bonchev–Trinajstić information content (AvgIpc) is 3.04. The second-order valence-electron chi connectivity index (χ2n) is 5.75. The highest BCUT2D eigenvalue weighted by Crippen LogP contribution is 2.12. The molecule has 0 atom stereocenters. The lowest BCUT2D eigenvalue weighted by molar-refractivity contribution is -0.127. The van der Waals surface area contributed by atoms with Gasteiger partial charge in [0.05, 0.1) is 10.7 Å². The first kappa shape index (κ1) is 17.3. The van der Waals surface area contributed by atoms with Gasteiger partial charge in [-0.15, -0.1) is 11.3 Å². The number of carbonyl (C=O) groups is 2. The van der Waals surface area contributed by atoms with Crippen LogP contribution in [0.5, 0.6) is 0 Å². The topological polar surface area (TPSA) is 53.5 Å². The van der Waals surface area contributed by atoms with Crippen LogP contribution >= 0.6 is 11.3 Å². The minimum absolute atomic E-state index is 0.0940. The third-order valence-corrected chi connectivity index (χ3v) is 4.78. The van der Waals surface area contributed by atoms with Crippen LogP contribution in [0, 0.1) is 12.7 Å². The molecule has 1 aliphatic rings. The highest BCUT2D eigenvalue weighted by atomic mass is 32.1. The normalized spacial score (nSPS) is 15.0.